The molecule has 2 nitrogen and oxygen atoms in total. The Hall–Kier alpha value is -0.830. The number of nitrogens with one attached hydrogen (secondary N) is 1. The van der Waals surface area contributed by atoms with Crippen LogP contribution in [0.15, 0.2) is 22.8 Å². The molecular weight excluding hydrogens is 133 g/mol. The Morgan fingerprint density at radius 2 is 2.40 bits per heavy atom. The van der Waals surface area contributed by atoms with Gasteiger partial charge in [-0.2, -0.15) is 0 Å². The van der Waals surface area contributed by atoms with E-state index < -0.39 is 5.67 Å². The van der Waals surface area contributed by atoms with E-state index in [0.29, 0.717) is 18.8 Å². The smallest absolute Gasteiger partial charge is 0.192 e. The molecular formula is C7H8FNO. The molecule has 0 radical (unpaired) electrons. The second-order valence-electron chi connectivity index (χ2n) is 2.55. The van der Waals surface area contributed by atoms with Gasteiger partial charge >= 0.3 is 0 Å². The van der Waals surface area contributed by atoms with Crippen LogP contribution >= 0.6 is 0 Å². The predicted octanol–water partition coefficient (Wildman–Crippen LogP) is 1.05. The molecule has 1 aliphatic heterocycles. The van der Waals surface area contributed by atoms with Gasteiger partial charge in [-0.25, -0.2) is 4.39 Å². The van der Waals surface area contributed by atoms with Gasteiger partial charge in [-0.15, -0.1) is 0 Å². The van der Waals surface area contributed by atoms with Gasteiger partial charge in [0.2, 0.25) is 0 Å². The van der Waals surface area contributed by atoms with Gasteiger partial charge in [-0.05, 0) is 12.1 Å². The first-order chi connectivity index (χ1) is 4.81. The number of hydrogen-bond donors (Lipinski definition) is 1. The first-order valence-electron chi connectivity index (χ1n) is 3.25. The molecule has 0 aliphatic carbocycles. The molecule has 1 N–H and O–H groups in total. The van der Waals surface area contributed by atoms with Gasteiger partial charge in [-0.1, -0.05) is 0 Å². The van der Waals surface area contributed by atoms with Gasteiger partial charge in [-0.3, -0.25) is 0 Å². The van der Waals surface area contributed by atoms with E-state index in [1.807, 2.05) is 0 Å². The lowest BCUT2D eigenvalue weighted by Crippen LogP contribution is -2.53. The zero-order chi connectivity index (χ0) is 7.03. The number of hydrogen-bond acceptors (Lipinski definition) is 2. The summed E-state index contributed by atoms with van der Waals surface area (Å²) in [4.78, 5) is 0. The maximum absolute atomic E-state index is 13.3. The Morgan fingerprint density at radius 1 is 1.60 bits per heavy atom. The maximum Gasteiger partial charge on any atom is 0.192 e. The molecule has 1 fully saturated rings. The van der Waals surface area contributed by atoms with Gasteiger partial charge in [0.15, 0.2) is 5.67 Å². The maximum atomic E-state index is 13.3. The van der Waals surface area contributed by atoms with Crippen LogP contribution in [0, 0.1) is 0 Å². The number of halogens is 1. The van der Waals surface area contributed by atoms with E-state index in [1.165, 1.54) is 6.26 Å². The lowest BCUT2D eigenvalue weighted by Gasteiger charge is -2.32. The van der Waals surface area contributed by atoms with E-state index in [2.05, 4.69) is 5.32 Å². The largest absolute Gasteiger partial charge is 0.466 e. The van der Waals surface area contributed by atoms with Crippen molar-refractivity contribution in [2.75, 3.05) is 13.1 Å². The highest BCUT2D eigenvalue weighted by Gasteiger charge is 2.41. The molecule has 1 aromatic rings. The van der Waals surface area contributed by atoms with Crippen LogP contribution in [-0.4, -0.2) is 13.1 Å². The Labute approximate surface area is 58.0 Å². The normalized spacial score (nSPS) is 22.1. The minimum absolute atomic E-state index is 0.376. The second kappa shape index (κ2) is 1.83. The lowest BCUT2D eigenvalue weighted by molar-refractivity contribution is 0.0628. The molecule has 10 heavy (non-hydrogen) atoms. The van der Waals surface area contributed by atoms with Gasteiger partial charge in [0.05, 0.1) is 6.26 Å². The number of rotatable bonds is 1. The fourth-order valence-corrected chi connectivity index (χ4v) is 1.05. The molecule has 0 unspecified atom stereocenters. The van der Waals surface area contributed by atoms with Crippen molar-refractivity contribution in [3.05, 3.63) is 24.2 Å². The molecule has 0 atom stereocenters. The summed E-state index contributed by atoms with van der Waals surface area (Å²) >= 11 is 0. The predicted molar refractivity (Wildman–Crippen MR) is 34.4 cm³/mol. The zero-order valence-corrected chi connectivity index (χ0v) is 5.43. The van der Waals surface area contributed by atoms with Crippen LogP contribution in [0.25, 0.3) is 0 Å². The fourth-order valence-electron chi connectivity index (χ4n) is 1.05. The minimum Gasteiger partial charge on any atom is -0.466 e. The third-order valence-electron chi connectivity index (χ3n) is 1.77. The van der Waals surface area contributed by atoms with Crippen LogP contribution in [0.5, 0.6) is 0 Å². The molecule has 2 heterocycles. The third-order valence-corrected chi connectivity index (χ3v) is 1.77. The van der Waals surface area contributed by atoms with Crippen LogP contribution in [-0.2, 0) is 5.67 Å². The quantitative estimate of drug-likeness (QED) is 0.632. The molecule has 2 rings (SSSR count). The highest BCUT2D eigenvalue weighted by molar-refractivity contribution is 5.14. The second-order valence-corrected chi connectivity index (χ2v) is 2.55. The van der Waals surface area contributed by atoms with E-state index in [1.54, 1.807) is 12.1 Å². The van der Waals surface area contributed by atoms with Crippen molar-refractivity contribution in [3.8, 4) is 0 Å². The van der Waals surface area contributed by atoms with Crippen molar-refractivity contribution >= 4 is 0 Å². The fraction of sp³-hybridized carbons (Fsp3) is 0.429. The molecule has 0 spiro atoms. The molecule has 1 aliphatic rings. The molecule has 0 bridgehead atoms. The van der Waals surface area contributed by atoms with Crippen LogP contribution in [0.1, 0.15) is 5.76 Å². The molecule has 1 aromatic heterocycles. The summed E-state index contributed by atoms with van der Waals surface area (Å²) < 4.78 is 18.2. The molecule has 1 saturated heterocycles. The zero-order valence-electron chi connectivity index (χ0n) is 5.43. The van der Waals surface area contributed by atoms with Crippen molar-refractivity contribution < 1.29 is 8.81 Å². The van der Waals surface area contributed by atoms with Gasteiger partial charge in [0.1, 0.15) is 5.76 Å². The summed E-state index contributed by atoms with van der Waals surface area (Å²) in [5.74, 6) is 0.436. The van der Waals surface area contributed by atoms with Crippen molar-refractivity contribution in [3.63, 3.8) is 0 Å². The van der Waals surface area contributed by atoms with Gasteiger partial charge < -0.3 is 9.73 Å². The number of furan rings is 1. The summed E-state index contributed by atoms with van der Waals surface area (Å²) in [5.41, 5.74) is -1.23. The highest BCUT2D eigenvalue weighted by atomic mass is 19.1. The third kappa shape index (κ3) is 0.671. The first kappa shape index (κ1) is 5.92. The van der Waals surface area contributed by atoms with Crippen molar-refractivity contribution in [1.82, 2.24) is 5.32 Å². The van der Waals surface area contributed by atoms with Crippen molar-refractivity contribution in [1.29, 1.82) is 0 Å². The van der Waals surface area contributed by atoms with Crippen LogP contribution in [0.2, 0.25) is 0 Å². The SMILES string of the molecule is FC1(c2ccco2)CNC1. The molecule has 0 saturated carbocycles. The first-order valence-corrected chi connectivity index (χ1v) is 3.25. The van der Waals surface area contributed by atoms with E-state index in [9.17, 15) is 4.39 Å². The van der Waals surface area contributed by atoms with E-state index in [4.69, 9.17) is 4.42 Å². The Kier molecular flexibility index (Phi) is 1.08. The van der Waals surface area contributed by atoms with Crippen molar-refractivity contribution in [2.45, 2.75) is 5.67 Å². The van der Waals surface area contributed by atoms with Crippen LogP contribution in [0.4, 0.5) is 4.39 Å². The standard InChI is InChI=1S/C7H8FNO/c8-7(4-9-5-7)6-2-1-3-10-6/h1-3,9H,4-5H2. The summed E-state index contributed by atoms with van der Waals surface area (Å²) in [6.07, 6.45) is 1.50. The molecule has 0 aromatic carbocycles. The Balaban J connectivity index is 2.27. The van der Waals surface area contributed by atoms with Crippen molar-refractivity contribution in [2.24, 2.45) is 0 Å². The minimum atomic E-state index is -1.23. The Morgan fingerprint density at radius 3 is 2.80 bits per heavy atom. The summed E-state index contributed by atoms with van der Waals surface area (Å²) in [6, 6.07) is 3.37. The molecule has 0 amide bonds. The summed E-state index contributed by atoms with van der Waals surface area (Å²) in [7, 11) is 0. The monoisotopic (exact) mass is 141 g/mol. The van der Waals surface area contributed by atoms with E-state index in [0.717, 1.165) is 0 Å². The topological polar surface area (TPSA) is 25.2 Å². The van der Waals surface area contributed by atoms with Crippen LogP contribution < -0.4 is 5.32 Å². The van der Waals surface area contributed by atoms with Gasteiger partial charge in [0, 0.05) is 13.1 Å². The molecule has 3 heteroatoms. The molecule has 54 valence electrons. The summed E-state index contributed by atoms with van der Waals surface area (Å²) in [5, 5.41) is 2.86. The van der Waals surface area contributed by atoms with E-state index >= 15 is 0 Å². The van der Waals surface area contributed by atoms with Crippen LogP contribution in [0.3, 0.4) is 0 Å². The van der Waals surface area contributed by atoms with Gasteiger partial charge in [0.25, 0.3) is 0 Å². The lowest BCUT2D eigenvalue weighted by atomic mass is 9.97. The summed E-state index contributed by atoms with van der Waals surface area (Å²) in [6.45, 7) is 0.751. The number of alkyl halides is 1. The average Bonchev–Trinajstić information content (AvgIpc) is 2.33. The highest BCUT2D eigenvalue weighted by Crippen LogP contribution is 2.29. The Bertz CT molecular complexity index is 216. The average molecular weight is 141 g/mol. The van der Waals surface area contributed by atoms with E-state index in [-0.39, 0.29) is 0 Å².